The van der Waals surface area contributed by atoms with Crippen LogP contribution in [0.15, 0.2) is 36.2 Å². The molecule has 5 rings (SSSR count). The summed E-state index contributed by atoms with van der Waals surface area (Å²) in [6.45, 7) is 9.96. The van der Waals surface area contributed by atoms with Gasteiger partial charge in [0, 0.05) is 5.03 Å². The van der Waals surface area contributed by atoms with Crippen molar-refractivity contribution in [1.82, 2.24) is 14.9 Å². The van der Waals surface area contributed by atoms with E-state index in [-0.39, 0.29) is 16.0 Å². The zero-order chi connectivity index (χ0) is 20.9. The van der Waals surface area contributed by atoms with E-state index in [1.807, 2.05) is 0 Å². The minimum Gasteiger partial charge on any atom is -0.317 e. The third kappa shape index (κ3) is 2.84. The summed E-state index contributed by atoms with van der Waals surface area (Å²) in [5.41, 5.74) is 4.40. The summed E-state index contributed by atoms with van der Waals surface area (Å²) in [5, 5.41) is 3.68. The highest BCUT2D eigenvalue weighted by Crippen LogP contribution is 2.52. The van der Waals surface area contributed by atoms with Crippen molar-refractivity contribution in [3.05, 3.63) is 69.9 Å². The number of rotatable bonds is 3. The molecule has 3 heterocycles. The van der Waals surface area contributed by atoms with Crippen LogP contribution in [-0.2, 0) is 5.41 Å². The van der Waals surface area contributed by atoms with Crippen LogP contribution >= 0.6 is 11.6 Å². The van der Waals surface area contributed by atoms with E-state index in [1.54, 1.807) is 6.08 Å². The lowest BCUT2D eigenvalue weighted by Crippen LogP contribution is -2.33. The molecule has 1 saturated heterocycles. The van der Waals surface area contributed by atoms with Crippen LogP contribution in [0.4, 0.5) is 0 Å². The Labute approximate surface area is 182 Å². The van der Waals surface area contributed by atoms with Crippen LogP contribution < -0.4 is 10.9 Å². The Morgan fingerprint density at radius 1 is 1.23 bits per heavy atom. The Hall–Kier alpha value is -2.17. The molecule has 2 fully saturated rings. The quantitative estimate of drug-likeness (QED) is 0.748. The molecule has 1 spiro atoms. The first-order valence-corrected chi connectivity index (χ1v) is 11.4. The van der Waals surface area contributed by atoms with E-state index in [1.165, 1.54) is 17.5 Å². The molecule has 2 aromatic rings. The second-order valence-electron chi connectivity index (χ2n) is 8.89. The van der Waals surface area contributed by atoms with Gasteiger partial charge in [0.05, 0.1) is 22.4 Å². The molecule has 30 heavy (non-hydrogen) atoms. The van der Waals surface area contributed by atoms with Gasteiger partial charge in [-0.05, 0) is 68.0 Å². The van der Waals surface area contributed by atoms with Gasteiger partial charge in [-0.1, -0.05) is 56.2 Å². The molecule has 0 atom stereocenters. The smallest absolute Gasteiger partial charge is 0.282 e. The average Bonchev–Trinajstić information content (AvgIpc) is 3.02. The zero-order valence-corrected chi connectivity index (χ0v) is 18.1. The average molecular weight is 422 g/mol. The van der Waals surface area contributed by atoms with E-state index in [2.05, 4.69) is 46.2 Å². The van der Waals surface area contributed by atoms with E-state index in [9.17, 15) is 4.79 Å². The molecule has 1 saturated carbocycles. The molecule has 1 N–H and O–H groups in total. The summed E-state index contributed by atoms with van der Waals surface area (Å²) in [6.07, 6.45) is 9.62. The fourth-order valence-electron chi connectivity index (χ4n) is 5.87. The van der Waals surface area contributed by atoms with Gasteiger partial charge in [-0.25, -0.2) is 0 Å². The number of hydrogen-bond donors (Lipinski definition) is 1. The number of benzene rings is 1. The fourth-order valence-corrected chi connectivity index (χ4v) is 6.04. The number of hydrogen-bond acceptors (Lipinski definition) is 3. The molecule has 5 heteroatoms. The van der Waals surface area contributed by atoms with Gasteiger partial charge < -0.3 is 5.32 Å². The summed E-state index contributed by atoms with van der Waals surface area (Å²) in [4.78, 5) is 17.6. The lowest BCUT2D eigenvalue weighted by Gasteiger charge is -2.33. The van der Waals surface area contributed by atoms with Crippen molar-refractivity contribution < 1.29 is 0 Å². The Bertz CT molecular complexity index is 1090. The predicted octanol–water partition coefficient (Wildman–Crippen LogP) is 5.12. The summed E-state index contributed by atoms with van der Waals surface area (Å²) in [5.74, 6) is 1.42. The first-order valence-electron chi connectivity index (χ1n) is 11.1. The Morgan fingerprint density at radius 2 is 1.97 bits per heavy atom. The Balaban J connectivity index is 1.79. The van der Waals surface area contributed by atoms with Crippen molar-refractivity contribution in [3.63, 3.8) is 0 Å². The van der Waals surface area contributed by atoms with E-state index in [4.69, 9.17) is 11.6 Å². The van der Waals surface area contributed by atoms with Crippen LogP contribution in [0, 0.1) is 0 Å². The van der Waals surface area contributed by atoms with E-state index < -0.39 is 0 Å². The van der Waals surface area contributed by atoms with Crippen LogP contribution in [0.5, 0.6) is 0 Å². The largest absolute Gasteiger partial charge is 0.317 e. The fraction of sp³-hybridized carbons (Fsp3) is 0.440. The minimum absolute atomic E-state index is 0.191. The third-order valence-electron chi connectivity index (χ3n) is 7.32. The summed E-state index contributed by atoms with van der Waals surface area (Å²) in [6, 6.07) is 6.95. The molecule has 3 aliphatic rings. The van der Waals surface area contributed by atoms with Crippen molar-refractivity contribution >= 4 is 22.7 Å². The molecule has 0 unspecified atom stereocenters. The van der Waals surface area contributed by atoms with Crippen LogP contribution in [-0.4, -0.2) is 22.6 Å². The molecule has 0 radical (unpaired) electrons. The summed E-state index contributed by atoms with van der Waals surface area (Å²) < 4.78 is 2.16. The van der Waals surface area contributed by atoms with E-state index in [0.29, 0.717) is 11.5 Å². The second-order valence-corrected chi connectivity index (χ2v) is 9.35. The van der Waals surface area contributed by atoms with Crippen molar-refractivity contribution in [1.29, 1.82) is 0 Å². The van der Waals surface area contributed by atoms with Gasteiger partial charge in [0.15, 0.2) is 0 Å². The molecule has 1 aromatic carbocycles. The molecule has 1 aromatic heterocycles. The lowest BCUT2D eigenvalue weighted by atomic mass is 9.69. The molecule has 0 amide bonds. The van der Waals surface area contributed by atoms with Gasteiger partial charge >= 0.3 is 0 Å². The van der Waals surface area contributed by atoms with Crippen molar-refractivity contribution in [2.45, 2.75) is 56.3 Å². The van der Waals surface area contributed by atoms with Gasteiger partial charge in [-0.15, -0.1) is 0 Å². The number of nitrogens with one attached hydrogen (secondary N) is 1. The van der Waals surface area contributed by atoms with Crippen molar-refractivity contribution in [2.75, 3.05) is 13.1 Å². The summed E-state index contributed by atoms with van der Waals surface area (Å²) in [7, 11) is 0. The monoisotopic (exact) mass is 421 g/mol. The molecule has 2 aliphatic heterocycles. The van der Waals surface area contributed by atoms with Crippen LogP contribution in [0.1, 0.15) is 79.1 Å². The SMILES string of the molecule is C=Cc1c(C(=C)Cl)c(=O)nc2n1-c1cc(C3CCNCC3)ccc1C21CCCCC1. The third-order valence-corrected chi connectivity index (χ3v) is 7.51. The van der Waals surface area contributed by atoms with Crippen molar-refractivity contribution in [3.8, 4) is 5.69 Å². The van der Waals surface area contributed by atoms with Gasteiger partial charge in [-0.2, -0.15) is 4.98 Å². The zero-order valence-electron chi connectivity index (χ0n) is 17.3. The first kappa shape index (κ1) is 19.8. The predicted molar refractivity (Wildman–Crippen MR) is 124 cm³/mol. The van der Waals surface area contributed by atoms with E-state index in [0.717, 1.165) is 68.8 Å². The standard InChI is InChI=1S/C25H28ClN3O/c1-3-20-22(16(2)26)23(30)28-24-25(11-5-4-6-12-25)19-8-7-18(15-21(19)29(20)24)17-9-13-27-14-10-17/h3,7-8,15,17,27H,1-2,4-6,9-14H2. The number of fused-ring (bicyclic) bond motifs is 5. The molecule has 4 nitrogen and oxygen atoms in total. The number of aromatic nitrogens is 2. The maximum absolute atomic E-state index is 13.0. The van der Waals surface area contributed by atoms with Crippen LogP contribution in [0.3, 0.4) is 0 Å². The normalized spacial score (nSPS) is 20.0. The van der Waals surface area contributed by atoms with Crippen LogP contribution in [0.25, 0.3) is 16.8 Å². The molecular weight excluding hydrogens is 394 g/mol. The highest BCUT2D eigenvalue weighted by molar-refractivity contribution is 6.48. The Morgan fingerprint density at radius 3 is 2.63 bits per heavy atom. The van der Waals surface area contributed by atoms with Crippen molar-refractivity contribution in [2.24, 2.45) is 0 Å². The van der Waals surface area contributed by atoms with E-state index >= 15 is 0 Å². The summed E-state index contributed by atoms with van der Waals surface area (Å²) >= 11 is 6.25. The highest BCUT2D eigenvalue weighted by atomic mass is 35.5. The van der Waals surface area contributed by atoms with Gasteiger partial charge in [-0.3, -0.25) is 9.36 Å². The molecule has 1 aliphatic carbocycles. The van der Waals surface area contributed by atoms with Gasteiger partial charge in [0.25, 0.3) is 5.56 Å². The molecule has 156 valence electrons. The second kappa shape index (κ2) is 7.51. The highest BCUT2D eigenvalue weighted by Gasteiger charge is 2.47. The molecule has 0 bridgehead atoms. The van der Waals surface area contributed by atoms with Crippen LogP contribution in [0.2, 0.25) is 0 Å². The lowest BCUT2D eigenvalue weighted by molar-refractivity contribution is 0.337. The number of nitrogens with zero attached hydrogens (tertiary/aromatic N) is 2. The Kier molecular flexibility index (Phi) is 4.95. The topological polar surface area (TPSA) is 46.9 Å². The van der Waals surface area contributed by atoms with Gasteiger partial charge in [0.2, 0.25) is 0 Å². The maximum atomic E-state index is 13.0. The maximum Gasteiger partial charge on any atom is 0.282 e. The number of piperidine rings is 1. The number of halogens is 1. The minimum atomic E-state index is -0.299. The van der Waals surface area contributed by atoms with Gasteiger partial charge in [0.1, 0.15) is 5.82 Å². The molecular formula is C25H28ClN3O. The first-order chi connectivity index (χ1) is 14.6.